The Morgan fingerprint density at radius 3 is 1.02 bits per heavy atom. The van der Waals surface area contributed by atoms with Gasteiger partial charge < -0.3 is 14.2 Å². The topological polar surface area (TPSA) is 78.9 Å². The average molecular weight is 813 g/mol. The van der Waals surface area contributed by atoms with Crippen LogP contribution in [0.4, 0.5) is 0 Å². The van der Waals surface area contributed by atoms with E-state index in [9.17, 15) is 14.4 Å². The number of carbonyl (C=O) groups is 3. The number of allylic oxidation sites excluding steroid dienone is 8. The van der Waals surface area contributed by atoms with Crippen LogP contribution in [0.3, 0.4) is 0 Å². The molecule has 0 saturated carbocycles. The summed E-state index contributed by atoms with van der Waals surface area (Å²) in [5.74, 6) is -0.914. The van der Waals surface area contributed by atoms with Crippen molar-refractivity contribution in [3.8, 4) is 0 Å². The first kappa shape index (κ1) is 55.4. The Bertz CT molecular complexity index is 1030. The van der Waals surface area contributed by atoms with Crippen molar-refractivity contribution < 1.29 is 28.6 Å². The molecule has 0 radical (unpaired) electrons. The fourth-order valence-electron chi connectivity index (χ4n) is 6.82. The fraction of sp³-hybridized carbons (Fsp3) is 0.788. The molecule has 0 aliphatic carbocycles. The summed E-state index contributed by atoms with van der Waals surface area (Å²) in [5, 5.41) is 0. The highest BCUT2D eigenvalue weighted by molar-refractivity contribution is 5.71. The molecule has 336 valence electrons. The maximum Gasteiger partial charge on any atom is 0.306 e. The molecule has 0 aliphatic rings. The Hall–Kier alpha value is -2.63. The van der Waals surface area contributed by atoms with E-state index in [-0.39, 0.29) is 31.1 Å². The van der Waals surface area contributed by atoms with Crippen LogP contribution in [0.1, 0.15) is 245 Å². The first-order valence-corrected chi connectivity index (χ1v) is 24.7. The summed E-state index contributed by atoms with van der Waals surface area (Å²) in [6.07, 6.45) is 55.2. The molecule has 0 aliphatic heterocycles. The lowest BCUT2D eigenvalue weighted by molar-refractivity contribution is -0.167. The van der Waals surface area contributed by atoms with E-state index in [0.717, 1.165) is 70.6 Å². The standard InChI is InChI=1S/C52H92O6/c1-4-7-10-13-16-19-22-23-24-25-26-27-28-29-31-33-36-39-42-45-51(54)57-48-49(47-56-50(53)44-41-38-35-32-21-18-15-12-9-6-3)58-52(55)46-43-40-37-34-30-20-17-14-11-8-5-2/h14,16-17,19-20,22-23,30,49H,4-13,15,18,21,24-29,31-48H2,1-3H3/b17-14-,19-16-,23-22-,30-20-. The highest BCUT2D eigenvalue weighted by Gasteiger charge is 2.19. The normalized spacial score (nSPS) is 12.4. The van der Waals surface area contributed by atoms with Crippen molar-refractivity contribution in [3.63, 3.8) is 0 Å². The summed E-state index contributed by atoms with van der Waals surface area (Å²) in [6, 6.07) is 0. The zero-order valence-electron chi connectivity index (χ0n) is 38.3. The fourth-order valence-corrected chi connectivity index (χ4v) is 6.82. The monoisotopic (exact) mass is 813 g/mol. The van der Waals surface area contributed by atoms with Gasteiger partial charge in [0.25, 0.3) is 0 Å². The molecule has 0 fully saturated rings. The quantitative estimate of drug-likeness (QED) is 0.0264. The molecule has 0 heterocycles. The maximum atomic E-state index is 12.7. The molecule has 6 heteroatoms. The van der Waals surface area contributed by atoms with Gasteiger partial charge in [-0.25, -0.2) is 0 Å². The summed E-state index contributed by atoms with van der Waals surface area (Å²) < 4.78 is 16.7. The SMILES string of the molecule is CCCC/C=C\C=C/CCCCCC(=O)OC(COC(=O)CCCCCCCCCCCC)COC(=O)CCCCCCCCCCCC/C=C\C=C/CCCCC. The molecule has 0 aromatic carbocycles. The third-order valence-corrected chi connectivity index (χ3v) is 10.6. The van der Waals surface area contributed by atoms with E-state index in [2.05, 4.69) is 69.4 Å². The second-order valence-corrected chi connectivity index (χ2v) is 16.4. The van der Waals surface area contributed by atoms with Crippen molar-refractivity contribution in [1.82, 2.24) is 0 Å². The van der Waals surface area contributed by atoms with Gasteiger partial charge in [0.2, 0.25) is 0 Å². The highest BCUT2D eigenvalue weighted by Crippen LogP contribution is 2.15. The van der Waals surface area contributed by atoms with Crippen LogP contribution in [-0.4, -0.2) is 37.2 Å². The number of carbonyl (C=O) groups excluding carboxylic acids is 3. The molecule has 0 aromatic heterocycles. The summed E-state index contributed by atoms with van der Waals surface area (Å²) in [7, 11) is 0. The number of hydrogen-bond acceptors (Lipinski definition) is 6. The smallest absolute Gasteiger partial charge is 0.306 e. The lowest BCUT2D eigenvalue weighted by Crippen LogP contribution is -2.30. The van der Waals surface area contributed by atoms with Gasteiger partial charge in [-0.1, -0.05) is 211 Å². The van der Waals surface area contributed by atoms with E-state index in [1.165, 1.54) is 135 Å². The Kier molecular flexibility index (Phi) is 44.9. The molecule has 0 saturated heterocycles. The van der Waals surface area contributed by atoms with Crippen LogP contribution < -0.4 is 0 Å². The van der Waals surface area contributed by atoms with E-state index in [4.69, 9.17) is 14.2 Å². The molecule has 0 N–H and O–H groups in total. The number of hydrogen-bond donors (Lipinski definition) is 0. The van der Waals surface area contributed by atoms with E-state index in [1.807, 2.05) is 0 Å². The molecule has 1 atom stereocenters. The van der Waals surface area contributed by atoms with E-state index in [0.29, 0.717) is 19.3 Å². The maximum absolute atomic E-state index is 12.7. The minimum Gasteiger partial charge on any atom is -0.462 e. The van der Waals surface area contributed by atoms with Crippen molar-refractivity contribution in [2.75, 3.05) is 13.2 Å². The Balaban J connectivity index is 4.31. The summed E-state index contributed by atoms with van der Waals surface area (Å²) in [4.78, 5) is 37.8. The van der Waals surface area contributed by atoms with Crippen molar-refractivity contribution in [2.24, 2.45) is 0 Å². The molecule has 1 unspecified atom stereocenters. The second kappa shape index (κ2) is 47.1. The zero-order valence-corrected chi connectivity index (χ0v) is 38.3. The van der Waals surface area contributed by atoms with Gasteiger partial charge >= 0.3 is 17.9 Å². The molecule has 0 spiro atoms. The van der Waals surface area contributed by atoms with Crippen molar-refractivity contribution in [2.45, 2.75) is 252 Å². The molecule has 6 nitrogen and oxygen atoms in total. The Labute approximate surface area is 358 Å². The minimum absolute atomic E-state index is 0.0833. The summed E-state index contributed by atoms with van der Waals surface area (Å²) in [6.45, 7) is 6.52. The molecule has 0 aromatic rings. The van der Waals surface area contributed by atoms with Crippen molar-refractivity contribution >= 4 is 17.9 Å². The zero-order chi connectivity index (χ0) is 42.3. The lowest BCUT2D eigenvalue weighted by Gasteiger charge is -2.18. The molecule has 0 amide bonds. The summed E-state index contributed by atoms with van der Waals surface area (Å²) >= 11 is 0. The average Bonchev–Trinajstić information content (AvgIpc) is 3.22. The van der Waals surface area contributed by atoms with Crippen LogP contribution in [0.5, 0.6) is 0 Å². The largest absolute Gasteiger partial charge is 0.462 e. The van der Waals surface area contributed by atoms with Crippen LogP contribution in [0.15, 0.2) is 48.6 Å². The van der Waals surface area contributed by atoms with Gasteiger partial charge in [-0.15, -0.1) is 0 Å². The van der Waals surface area contributed by atoms with E-state index < -0.39 is 6.10 Å². The molecule has 58 heavy (non-hydrogen) atoms. The molecular weight excluding hydrogens is 721 g/mol. The van der Waals surface area contributed by atoms with E-state index >= 15 is 0 Å². The minimum atomic E-state index is -0.783. The Morgan fingerprint density at radius 1 is 0.345 bits per heavy atom. The van der Waals surface area contributed by atoms with Gasteiger partial charge in [0, 0.05) is 19.3 Å². The van der Waals surface area contributed by atoms with Crippen LogP contribution in [-0.2, 0) is 28.6 Å². The van der Waals surface area contributed by atoms with Gasteiger partial charge in [-0.05, 0) is 64.2 Å². The number of ether oxygens (including phenoxy) is 3. The van der Waals surface area contributed by atoms with Gasteiger partial charge in [-0.3, -0.25) is 14.4 Å². The second-order valence-electron chi connectivity index (χ2n) is 16.4. The van der Waals surface area contributed by atoms with Gasteiger partial charge in [0.15, 0.2) is 6.10 Å². The van der Waals surface area contributed by atoms with Gasteiger partial charge in [0.1, 0.15) is 13.2 Å². The van der Waals surface area contributed by atoms with Crippen LogP contribution in [0, 0.1) is 0 Å². The number of esters is 3. The Morgan fingerprint density at radius 2 is 0.621 bits per heavy atom. The predicted molar refractivity (Wildman–Crippen MR) is 247 cm³/mol. The third kappa shape index (κ3) is 44.5. The van der Waals surface area contributed by atoms with Crippen molar-refractivity contribution in [1.29, 1.82) is 0 Å². The van der Waals surface area contributed by atoms with Crippen molar-refractivity contribution in [3.05, 3.63) is 48.6 Å². The highest BCUT2D eigenvalue weighted by atomic mass is 16.6. The molecule has 0 rings (SSSR count). The van der Waals surface area contributed by atoms with E-state index in [1.54, 1.807) is 0 Å². The van der Waals surface area contributed by atoms with Crippen LogP contribution in [0.25, 0.3) is 0 Å². The number of rotatable bonds is 44. The first-order chi connectivity index (χ1) is 28.5. The lowest BCUT2D eigenvalue weighted by atomic mass is 10.1. The molecular formula is C52H92O6. The first-order valence-electron chi connectivity index (χ1n) is 24.7. The molecule has 0 bridgehead atoms. The van der Waals surface area contributed by atoms with Crippen LogP contribution >= 0.6 is 0 Å². The van der Waals surface area contributed by atoms with Gasteiger partial charge in [0.05, 0.1) is 0 Å². The summed E-state index contributed by atoms with van der Waals surface area (Å²) in [5.41, 5.74) is 0. The predicted octanol–water partition coefficient (Wildman–Crippen LogP) is 15.9. The van der Waals surface area contributed by atoms with Crippen LogP contribution in [0.2, 0.25) is 0 Å². The number of unbranched alkanes of at least 4 members (excludes halogenated alkanes) is 27. The van der Waals surface area contributed by atoms with Gasteiger partial charge in [-0.2, -0.15) is 0 Å². The third-order valence-electron chi connectivity index (χ3n) is 10.6.